The zero-order valence-electron chi connectivity index (χ0n) is 15.6. The number of hydrogen-bond donors (Lipinski definition) is 2. The van der Waals surface area contributed by atoms with Crippen LogP contribution in [-0.4, -0.2) is 39.8 Å². The van der Waals surface area contributed by atoms with Crippen LogP contribution in [0.4, 0.5) is 10.5 Å². The van der Waals surface area contributed by atoms with E-state index in [1.54, 1.807) is 25.1 Å². The van der Waals surface area contributed by atoms with E-state index >= 15 is 0 Å². The molecule has 4 rings (SSSR count). The van der Waals surface area contributed by atoms with Gasteiger partial charge in [0.1, 0.15) is 17.8 Å². The van der Waals surface area contributed by atoms with Crippen molar-refractivity contribution in [1.82, 2.24) is 15.2 Å². The molecule has 1 atom stereocenters. The molecule has 0 spiro atoms. The van der Waals surface area contributed by atoms with Crippen LogP contribution in [0.2, 0.25) is 0 Å². The van der Waals surface area contributed by atoms with E-state index in [0.717, 1.165) is 22.2 Å². The second kappa shape index (κ2) is 7.47. The largest absolute Gasteiger partial charge is 0.439 e. The van der Waals surface area contributed by atoms with Crippen LogP contribution in [0.15, 0.2) is 47.1 Å². The summed E-state index contributed by atoms with van der Waals surface area (Å²) in [6.45, 7) is 1.37. The van der Waals surface area contributed by atoms with Gasteiger partial charge >= 0.3 is 6.03 Å². The molecule has 29 heavy (non-hydrogen) atoms. The molecule has 9 heteroatoms. The molecular weight excluding hydrogens is 440 g/mol. The van der Waals surface area contributed by atoms with Crippen molar-refractivity contribution in [3.63, 3.8) is 0 Å². The van der Waals surface area contributed by atoms with Crippen molar-refractivity contribution in [2.24, 2.45) is 5.92 Å². The third-order valence-corrected chi connectivity index (χ3v) is 5.53. The van der Waals surface area contributed by atoms with E-state index in [9.17, 15) is 14.4 Å². The molecule has 1 aliphatic carbocycles. The minimum Gasteiger partial charge on any atom is -0.439 e. The van der Waals surface area contributed by atoms with Gasteiger partial charge < -0.3 is 15.4 Å². The summed E-state index contributed by atoms with van der Waals surface area (Å²) in [6.07, 6.45) is 3.26. The minimum absolute atomic E-state index is 0.147. The van der Waals surface area contributed by atoms with Gasteiger partial charge in [-0.05, 0) is 49.9 Å². The Morgan fingerprint density at radius 2 is 2.14 bits per heavy atom. The van der Waals surface area contributed by atoms with Crippen molar-refractivity contribution in [2.75, 3.05) is 11.9 Å². The number of nitrogens with zero attached hydrogens (tertiary/aromatic N) is 2. The lowest BCUT2D eigenvalue weighted by molar-refractivity contribution is -0.134. The highest BCUT2D eigenvalue weighted by Crippen LogP contribution is 2.42. The van der Waals surface area contributed by atoms with Crippen molar-refractivity contribution in [1.29, 1.82) is 0 Å². The van der Waals surface area contributed by atoms with Crippen LogP contribution in [0, 0.1) is 5.92 Å². The normalized spacial score (nSPS) is 21.1. The van der Waals surface area contributed by atoms with E-state index in [1.165, 1.54) is 6.20 Å². The molecule has 0 radical (unpaired) electrons. The van der Waals surface area contributed by atoms with Gasteiger partial charge in [-0.15, -0.1) is 0 Å². The third kappa shape index (κ3) is 4.09. The van der Waals surface area contributed by atoms with E-state index in [4.69, 9.17) is 4.74 Å². The van der Waals surface area contributed by atoms with Crippen LogP contribution in [0.25, 0.3) is 0 Å². The Labute approximate surface area is 175 Å². The van der Waals surface area contributed by atoms with Crippen LogP contribution >= 0.6 is 15.9 Å². The summed E-state index contributed by atoms with van der Waals surface area (Å²) in [5.74, 6) is 0.317. The van der Waals surface area contributed by atoms with Gasteiger partial charge in [-0.3, -0.25) is 14.5 Å². The predicted octanol–water partition coefficient (Wildman–Crippen LogP) is 3.30. The first-order valence-electron chi connectivity index (χ1n) is 9.18. The Morgan fingerprint density at radius 1 is 1.34 bits per heavy atom. The highest BCUT2D eigenvalue weighted by molar-refractivity contribution is 9.10. The number of carbonyl (C=O) groups is 3. The molecule has 1 unspecified atom stereocenters. The van der Waals surface area contributed by atoms with Gasteiger partial charge in [-0.1, -0.05) is 22.0 Å². The van der Waals surface area contributed by atoms with Crippen LogP contribution in [0.1, 0.15) is 19.8 Å². The highest BCUT2D eigenvalue weighted by Gasteiger charge is 2.56. The van der Waals surface area contributed by atoms with Gasteiger partial charge in [0.05, 0.1) is 11.9 Å². The Hall–Kier alpha value is -2.94. The number of ether oxygens (including phenoxy) is 1. The molecule has 0 bridgehead atoms. The minimum atomic E-state index is -0.898. The fourth-order valence-corrected chi connectivity index (χ4v) is 3.68. The molecule has 2 aliphatic rings. The Balaban J connectivity index is 1.35. The number of anilines is 1. The highest BCUT2D eigenvalue weighted by atomic mass is 79.9. The lowest BCUT2D eigenvalue weighted by Gasteiger charge is -2.20. The molecule has 8 nitrogen and oxygen atoms in total. The Morgan fingerprint density at radius 3 is 2.79 bits per heavy atom. The van der Waals surface area contributed by atoms with E-state index in [1.807, 2.05) is 18.2 Å². The summed E-state index contributed by atoms with van der Waals surface area (Å²) < 4.78 is 6.53. The second-order valence-electron chi connectivity index (χ2n) is 7.29. The van der Waals surface area contributed by atoms with Gasteiger partial charge in [0.2, 0.25) is 11.8 Å². The van der Waals surface area contributed by atoms with Gasteiger partial charge in [0.25, 0.3) is 5.91 Å². The second-order valence-corrected chi connectivity index (χ2v) is 8.21. The number of rotatable bonds is 6. The molecule has 1 aromatic heterocycles. The first kappa shape index (κ1) is 19.4. The maximum Gasteiger partial charge on any atom is 0.325 e. The molecule has 150 valence electrons. The molecule has 1 aromatic carbocycles. The molecule has 1 saturated carbocycles. The number of amides is 4. The summed E-state index contributed by atoms with van der Waals surface area (Å²) >= 11 is 3.37. The monoisotopic (exact) mass is 458 g/mol. The number of nitrogens with one attached hydrogen (secondary N) is 2. The average molecular weight is 459 g/mol. The van der Waals surface area contributed by atoms with Crippen molar-refractivity contribution < 1.29 is 19.1 Å². The van der Waals surface area contributed by atoms with Crippen molar-refractivity contribution in [3.05, 3.63) is 47.1 Å². The molecule has 4 amide bonds. The first-order chi connectivity index (χ1) is 13.8. The number of urea groups is 1. The maximum absolute atomic E-state index is 12.6. The van der Waals surface area contributed by atoms with Crippen LogP contribution in [-0.2, 0) is 9.59 Å². The fourth-order valence-electron chi connectivity index (χ4n) is 3.31. The number of benzene rings is 1. The van der Waals surface area contributed by atoms with E-state index in [2.05, 4.69) is 31.5 Å². The summed E-state index contributed by atoms with van der Waals surface area (Å²) in [4.78, 5) is 42.2. The molecular formula is C20H19BrN4O4. The summed E-state index contributed by atoms with van der Waals surface area (Å²) in [5, 5.41) is 5.37. The Bertz CT molecular complexity index is 977. The smallest absolute Gasteiger partial charge is 0.325 e. The number of aromatic nitrogens is 1. The van der Waals surface area contributed by atoms with Gasteiger partial charge in [-0.25, -0.2) is 9.78 Å². The predicted molar refractivity (Wildman–Crippen MR) is 108 cm³/mol. The number of carbonyl (C=O) groups excluding carboxylic acids is 3. The summed E-state index contributed by atoms with van der Waals surface area (Å²) in [6, 6.07) is 10.1. The zero-order valence-corrected chi connectivity index (χ0v) is 17.2. The van der Waals surface area contributed by atoms with Gasteiger partial charge in [-0.2, -0.15) is 0 Å². The number of imide groups is 1. The molecule has 1 saturated heterocycles. The molecule has 2 heterocycles. The van der Waals surface area contributed by atoms with Crippen LogP contribution in [0.5, 0.6) is 11.6 Å². The number of hydrogen-bond acceptors (Lipinski definition) is 5. The molecule has 2 fully saturated rings. The number of pyridine rings is 1. The standard InChI is InChI=1S/C20H19BrN4O4/c1-20(12-5-6-12)18(27)25(19(28)24-20)11-16(26)23-14-7-8-17(22-10-14)29-15-4-2-3-13(21)9-15/h2-4,7-10,12H,5-6,11H2,1H3,(H,23,26)(H,24,28). The average Bonchev–Trinajstić information content (AvgIpc) is 3.50. The first-order valence-corrected chi connectivity index (χ1v) is 9.98. The van der Waals surface area contributed by atoms with Crippen molar-refractivity contribution >= 4 is 39.5 Å². The van der Waals surface area contributed by atoms with Crippen molar-refractivity contribution in [2.45, 2.75) is 25.3 Å². The maximum atomic E-state index is 12.6. The van der Waals surface area contributed by atoms with E-state index in [-0.39, 0.29) is 18.4 Å². The van der Waals surface area contributed by atoms with Crippen LogP contribution < -0.4 is 15.4 Å². The lowest BCUT2D eigenvalue weighted by atomic mass is 9.96. The SMILES string of the molecule is CC1(C2CC2)NC(=O)N(CC(=O)Nc2ccc(Oc3cccc(Br)c3)nc2)C1=O. The quantitative estimate of drug-likeness (QED) is 0.646. The fraction of sp³-hybridized carbons (Fsp3) is 0.300. The summed E-state index contributed by atoms with van der Waals surface area (Å²) in [7, 11) is 0. The van der Waals surface area contributed by atoms with Gasteiger partial charge in [0, 0.05) is 10.5 Å². The third-order valence-electron chi connectivity index (χ3n) is 5.04. The zero-order chi connectivity index (χ0) is 20.6. The van der Waals surface area contributed by atoms with Crippen molar-refractivity contribution in [3.8, 4) is 11.6 Å². The lowest BCUT2D eigenvalue weighted by Crippen LogP contribution is -2.46. The topological polar surface area (TPSA) is 101 Å². The number of halogens is 1. The van der Waals surface area contributed by atoms with Gasteiger partial charge in [0.15, 0.2) is 0 Å². The molecule has 2 N–H and O–H groups in total. The van der Waals surface area contributed by atoms with Crippen LogP contribution in [0.3, 0.4) is 0 Å². The summed E-state index contributed by atoms with van der Waals surface area (Å²) in [5.41, 5.74) is -0.460. The molecule has 2 aromatic rings. The molecule has 1 aliphatic heterocycles. The van der Waals surface area contributed by atoms with E-state index in [0.29, 0.717) is 17.3 Å². The van der Waals surface area contributed by atoms with E-state index < -0.39 is 17.5 Å². The Kier molecular flexibility index (Phi) is 4.99.